The Morgan fingerprint density at radius 3 is 2.46 bits per heavy atom. The summed E-state index contributed by atoms with van der Waals surface area (Å²) in [6.45, 7) is 0.110. The molecule has 26 heavy (non-hydrogen) atoms. The van der Waals surface area contributed by atoms with E-state index in [9.17, 15) is 31.5 Å². The van der Waals surface area contributed by atoms with Crippen LogP contribution in [0.1, 0.15) is 28.8 Å². The van der Waals surface area contributed by atoms with Crippen molar-refractivity contribution in [1.82, 2.24) is 14.3 Å². The van der Waals surface area contributed by atoms with Crippen LogP contribution in [0.15, 0.2) is 18.2 Å². The molecule has 0 atom stereocenters. The topological polar surface area (TPSA) is 98.7 Å². The van der Waals surface area contributed by atoms with Crippen LogP contribution in [0.5, 0.6) is 5.75 Å². The maximum absolute atomic E-state index is 12.2. The summed E-state index contributed by atoms with van der Waals surface area (Å²) in [5.41, 5.74) is 0.904. The molecule has 1 aromatic rings. The summed E-state index contributed by atoms with van der Waals surface area (Å²) in [6.07, 6.45) is -4.12. The number of hydrogen-bond acceptors (Lipinski definition) is 4. The van der Waals surface area contributed by atoms with E-state index in [0.717, 1.165) is 9.87 Å². The molecule has 1 saturated heterocycles. The highest BCUT2D eigenvalue weighted by Gasteiger charge is 2.33. The van der Waals surface area contributed by atoms with Gasteiger partial charge in [-0.2, -0.15) is 30.6 Å². The summed E-state index contributed by atoms with van der Waals surface area (Å²) in [5, 5.41) is 12.5. The third-order valence-corrected chi connectivity index (χ3v) is 5.54. The van der Waals surface area contributed by atoms with Crippen molar-refractivity contribution in [1.29, 1.82) is 0 Å². The van der Waals surface area contributed by atoms with E-state index in [0.29, 0.717) is 0 Å². The fourth-order valence-electron chi connectivity index (χ4n) is 2.60. The largest absolute Gasteiger partial charge is 0.507 e. The van der Waals surface area contributed by atoms with Gasteiger partial charge in [0.25, 0.3) is 16.1 Å². The van der Waals surface area contributed by atoms with Gasteiger partial charge in [-0.25, -0.2) is 0 Å². The van der Waals surface area contributed by atoms with E-state index in [-0.39, 0.29) is 43.3 Å². The fraction of sp³-hybridized carbons (Fsp3) is 0.533. The molecule has 1 aromatic carbocycles. The molecule has 11 heteroatoms. The number of phenols is 1. The third-order valence-electron chi connectivity index (χ3n) is 3.98. The maximum atomic E-state index is 12.2. The molecule has 0 unspecified atom stereocenters. The number of amides is 1. The van der Waals surface area contributed by atoms with Gasteiger partial charge in [-0.05, 0) is 37.5 Å². The number of carbonyl (C=O) groups is 1. The van der Waals surface area contributed by atoms with Gasteiger partial charge in [-0.3, -0.25) is 4.79 Å². The van der Waals surface area contributed by atoms with Crippen molar-refractivity contribution < 1.29 is 31.5 Å². The zero-order chi connectivity index (χ0) is 19.5. The van der Waals surface area contributed by atoms with E-state index in [1.54, 1.807) is 13.0 Å². The van der Waals surface area contributed by atoms with Crippen LogP contribution < -0.4 is 10.0 Å². The molecule has 0 radical (unpaired) electrons. The average molecular weight is 395 g/mol. The second kappa shape index (κ2) is 7.80. The quantitative estimate of drug-likeness (QED) is 0.700. The molecule has 3 N–H and O–H groups in total. The normalized spacial score (nSPS) is 17.2. The van der Waals surface area contributed by atoms with Crippen LogP contribution in [-0.2, 0) is 10.2 Å². The number of halogens is 3. The summed E-state index contributed by atoms with van der Waals surface area (Å²) in [5.74, 6) is -0.641. The Hall–Kier alpha value is -1.85. The lowest BCUT2D eigenvalue weighted by atomic mass is 10.1. The van der Waals surface area contributed by atoms with E-state index in [4.69, 9.17) is 0 Å². The van der Waals surface area contributed by atoms with Gasteiger partial charge in [-0.1, -0.05) is 6.07 Å². The van der Waals surface area contributed by atoms with Gasteiger partial charge in [0.1, 0.15) is 12.3 Å². The smallest absolute Gasteiger partial charge is 0.402 e. The first-order valence-corrected chi connectivity index (χ1v) is 9.34. The van der Waals surface area contributed by atoms with Gasteiger partial charge >= 0.3 is 6.18 Å². The number of carbonyl (C=O) groups excluding carboxylic acids is 1. The van der Waals surface area contributed by atoms with Crippen molar-refractivity contribution in [2.24, 2.45) is 0 Å². The Labute approximate surface area is 149 Å². The van der Waals surface area contributed by atoms with E-state index < -0.39 is 28.8 Å². The molecular formula is C15H20F3N3O4S. The Balaban J connectivity index is 1.89. The van der Waals surface area contributed by atoms with Crippen molar-refractivity contribution in [2.75, 3.05) is 19.6 Å². The highest BCUT2D eigenvalue weighted by Crippen LogP contribution is 2.20. The summed E-state index contributed by atoms with van der Waals surface area (Å²) in [4.78, 5) is 12.2. The van der Waals surface area contributed by atoms with Crippen molar-refractivity contribution in [3.63, 3.8) is 0 Å². The first-order valence-electron chi connectivity index (χ1n) is 7.90. The van der Waals surface area contributed by atoms with Crippen LogP contribution in [0.25, 0.3) is 0 Å². The molecule has 1 aliphatic heterocycles. The molecular weight excluding hydrogens is 375 g/mol. The van der Waals surface area contributed by atoms with Crippen LogP contribution in [0, 0.1) is 6.92 Å². The Morgan fingerprint density at radius 1 is 1.31 bits per heavy atom. The molecule has 0 bridgehead atoms. The Kier molecular flexibility index (Phi) is 6.14. The first-order chi connectivity index (χ1) is 12.0. The highest BCUT2D eigenvalue weighted by atomic mass is 32.2. The maximum Gasteiger partial charge on any atom is 0.402 e. The number of aromatic hydroxyl groups is 1. The number of phenolic OH excluding ortho intramolecular Hbond substituents is 1. The van der Waals surface area contributed by atoms with E-state index in [1.165, 1.54) is 16.9 Å². The molecule has 0 aromatic heterocycles. The minimum absolute atomic E-state index is 0.0159. The van der Waals surface area contributed by atoms with E-state index >= 15 is 0 Å². The van der Waals surface area contributed by atoms with Gasteiger partial charge in [0.15, 0.2) is 0 Å². The molecule has 1 heterocycles. The van der Waals surface area contributed by atoms with Crippen LogP contribution in [0.4, 0.5) is 13.2 Å². The minimum atomic E-state index is -4.63. The number of nitrogens with zero attached hydrogens (tertiary/aromatic N) is 1. The zero-order valence-electron chi connectivity index (χ0n) is 14.0. The van der Waals surface area contributed by atoms with Crippen LogP contribution in [0.2, 0.25) is 0 Å². The first kappa shape index (κ1) is 20.5. The lowest BCUT2D eigenvalue weighted by Crippen LogP contribution is -2.50. The van der Waals surface area contributed by atoms with Crippen molar-refractivity contribution in [3.05, 3.63) is 29.3 Å². The molecule has 1 amide bonds. The van der Waals surface area contributed by atoms with Gasteiger partial charge < -0.3 is 10.4 Å². The molecule has 7 nitrogen and oxygen atoms in total. The molecule has 2 rings (SSSR count). The SMILES string of the molecule is Cc1ccc(C(=O)NC2CCN(S(=O)(=O)NCC(F)(F)F)CC2)c(O)c1. The molecule has 0 aliphatic carbocycles. The number of hydrogen-bond donors (Lipinski definition) is 3. The van der Waals surface area contributed by atoms with E-state index in [1.807, 2.05) is 0 Å². The number of piperidine rings is 1. The second-order valence-corrected chi connectivity index (χ2v) is 7.86. The van der Waals surface area contributed by atoms with Crippen LogP contribution in [-0.4, -0.2) is 55.6 Å². The van der Waals surface area contributed by atoms with Crippen LogP contribution >= 0.6 is 0 Å². The number of aryl methyl sites for hydroxylation is 1. The monoisotopic (exact) mass is 395 g/mol. The number of alkyl halides is 3. The van der Waals surface area contributed by atoms with Crippen LogP contribution in [0.3, 0.4) is 0 Å². The lowest BCUT2D eigenvalue weighted by Gasteiger charge is -2.31. The van der Waals surface area contributed by atoms with Crippen molar-refractivity contribution in [3.8, 4) is 5.75 Å². The van der Waals surface area contributed by atoms with Crippen molar-refractivity contribution >= 4 is 16.1 Å². The predicted molar refractivity (Wildman–Crippen MR) is 87.9 cm³/mol. The average Bonchev–Trinajstić information content (AvgIpc) is 2.53. The van der Waals surface area contributed by atoms with Gasteiger partial charge in [0.2, 0.25) is 0 Å². The standard InChI is InChI=1S/C15H20F3N3O4S/c1-10-2-3-12(13(22)8-10)14(23)20-11-4-6-21(7-5-11)26(24,25)19-9-15(16,17)18/h2-3,8,11,19,22H,4-7,9H2,1H3,(H,20,23). The number of benzene rings is 1. The van der Waals surface area contributed by atoms with Gasteiger partial charge in [0, 0.05) is 19.1 Å². The predicted octanol–water partition coefficient (Wildman–Crippen LogP) is 1.29. The molecule has 146 valence electrons. The molecule has 1 fully saturated rings. The van der Waals surface area contributed by atoms with Gasteiger partial charge in [-0.15, -0.1) is 0 Å². The Bertz CT molecular complexity index is 760. The lowest BCUT2D eigenvalue weighted by molar-refractivity contribution is -0.121. The number of rotatable bonds is 5. The number of nitrogens with one attached hydrogen (secondary N) is 2. The Morgan fingerprint density at radius 2 is 1.92 bits per heavy atom. The molecule has 0 saturated carbocycles. The fourth-order valence-corrected chi connectivity index (χ4v) is 3.82. The van der Waals surface area contributed by atoms with Crippen molar-refractivity contribution in [2.45, 2.75) is 32.0 Å². The van der Waals surface area contributed by atoms with E-state index in [2.05, 4.69) is 5.32 Å². The summed E-state index contributed by atoms with van der Waals surface area (Å²) < 4.78 is 62.6. The summed E-state index contributed by atoms with van der Waals surface area (Å²) >= 11 is 0. The van der Waals surface area contributed by atoms with Gasteiger partial charge in [0.05, 0.1) is 5.56 Å². The summed E-state index contributed by atoms with van der Waals surface area (Å²) in [7, 11) is -4.22. The molecule has 0 spiro atoms. The zero-order valence-corrected chi connectivity index (χ0v) is 14.8. The third kappa shape index (κ3) is 5.58. The minimum Gasteiger partial charge on any atom is -0.507 e. The summed E-state index contributed by atoms with van der Waals surface area (Å²) in [6, 6.07) is 4.28. The highest BCUT2D eigenvalue weighted by molar-refractivity contribution is 7.87. The second-order valence-electron chi connectivity index (χ2n) is 6.11. The molecule has 1 aliphatic rings.